The Morgan fingerprint density at radius 1 is 1.22 bits per heavy atom. The van der Waals surface area contributed by atoms with Crippen LogP contribution in [-0.4, -0.2) is 45.5 Å². The molecular weight excluding hydrogens is 428 g/mol. The molecule has 3 aromatic heterocycles. The van der Waals surface area contributed by atoms with E-state index in [-0.39, 0.29) is 29.2 Å². The molecule has 1 aliphatic heterocycles. The molecule has 32 heavy (non-hydrogen) atoms. The summed E-state index contributed by atoms with van der Waals surface area (Å²) in [5.74, 6) is 1.26. The Balaban J connectivity index is 1.53. The Hall–Kier alpha value is -3.40. The van der Waals surface area contributed by atoms with Crippen LogP contribution < -0.4 is 10.1 Å². The average molecular weight is 453 g/mol. The second-order valence-electron chi connectivity index (χ2n) is 8.31. The maximum atomic E-state index is 12.6. The van der Waals surface area contributed by atoms with Gasteiger partial charge in [-0.1, -0.05) is 19.9 Å². The fourth-order valence-corrected chi connectivity index (χ4v) is 5.28. The van der Waals surface area contributed by atoms with E-state index in [1.807, 2.05) is 25.4 Å². The lowest BCUT2D eigenvalue weighted by Gasteiger charge is -2.26. The predicted molar refractivity (Wildman–Crippen MR) is 121 cm³/mol. The lowest BCUT2D eigenvalue weighted by molar-refractivity contribution is 0.322. The molecule has 0 radical (unpaired) electrons. The van der Waals surface area contributed by atoms with Crippen LogP contribution in [0.5, 0.6) is 5.75 Å². The zero-order valence-corrected chi connectivity index (χ0v) is 18.8. The van der Waals surface area contributed by atoms with E-state index < -0.39 is 9.84 Å². The number of fused-ring (bicyclic) bond motifs is 2. The summed E-state index contributed by atoms with van der Waals surface area (Å²) in [7, 11) is -1.48. The SMILES string of the molecule is CC(C)[C@@H](Nc1ncnc2[nH]c(-c3cnn(C)c3)cc12)c1ccc2c(c1)S(=O)(=O)CCO2. The largest absolute Gasteiger partial charge is 0.491 e. The first-order valence-corrected chi connectivity index (χ1v) is 12.1. The molecule has 1 aliphatic rings. The van der Waals surface area contributed by atoms with Crippen LogP contribution in [0, 0.1) is 5.92 Å². The van der Waals surface area contributed by atoms with Gasteiger partial charge in [0, 0.05) is 18.8 Å². The Bertz CT molecular complexity index is 1410. The molecule has 0 unspecified atom stereocenters. The molecule has 0 saturated heterocycles. The number of aryl methyl sites for hydroxylation is 1. The fourth-order valence-electron chi connectivity index (χ4n) is 4.00. The summed E-state index contributed by atoms with van der Waals surface area (Å²) in [6.45, 7) is 4.35. The van der Waals surface area contributed by atoms with E-state index in [9.17, 15) is 8.42 Å². The van der Waals surface area contributed by atoms with Gasteiger partial charge in [0.2, 0.25) is 0 Å². The zero-order valence-electron chi connectivity index (χ0n) is 18.0. The molecule has 9 nitrogen and oxygen atoms in total. The molecule has 0 aliphatic carbocycles. The van der Waals surface area contributed by atoms with E-state index in [1.54, 1.807) is 23.0 Å². The van der Waals surface area contributed by atoms with Gasteiger partial charge < -0.3 is 15.0 Å². The maximum Gasteiger partial charge on any atom is 0.185 e. The highest BCUT2D eigenvalue weighted by molar-refractivity contribution is 7.91. The Morgan fingerprint density at radius 3 is 2.81 bits per heavy atom. The third-order valence-electron chi connectivity index (χ3n) is 5.67. The first-order valence-electron chi connectivity index (χ1n) is 10.4. The van der Waals surface area contributed by atoms with Gasteiger partial charge in [0.05, 0.1) is 29.1 Å². The van der Waals surface area contributed by atoms with Gasteiger partial charge in [-0.3, -0.25) is 4.68 Å². The standard InChI is InChI=1S/C22H24N6O3S/c1-13(2)20(14-4-5-18-19(8-14)32(29,30)7-6-31-18)27-22-16-9-17(15-10-25-28(3)11-15)26-21(16)23-12-24-22/h4-5,8-13,20H,6-7H2,1-3H3,(H2,23,24,26,27)/t20-/m1/s1. The highest BCUT2D eigenvalue weighted by atomic mass is 32.2. The Morgan fingerprint density at radius 2 is 2.06 bits per heavy atom. The molecular formula is C22H24N6O3S. The molecule has 2 N–H and O–H groups in total. The number of H-pyrrole nitrogens is 1. The van der Waals surface area contributed by atoms with Crippen molar-refractivity contribution in [2.45, 2.75) is 24.8 Å². The van der Waals surface area contributed by atoms with Crippen molar-refractivity contribution in [3.8, 4) is 17.0 Å². The highest BCUT2D eigenvalue weighted by Crippen LogP contribution is 2.35. The minimum absolute atomic E-state index is 0.00374. The van der Waals surface area contributed by atoms with Crippen LogP contribution in [0.25, 0.3) is 22.3 Å². The summed E-state index contributed by atoms with van der Waals surface area (Å²) < 4.78 is 32.4. The first kappa shape index (κ1) is 20.5. The number of rotatable bonds is 5. The Labute approximate surface area is 185 Å². The van der Waals surface area contributed by atoms with Crippen molar-refractivity contribution in [2.24, 2.45) is 13.0 Å². The monoisotopic (exact) mass is 452 g/mol. The van der Waals surface area contributed by atoms with Crippen LogP contribution in [0.4, 0.5) is 5.82 Å². The second kappa shape index (κ2) is 7.63. The molecule has 1 aromatic carbocycles. The minimum atomic E-state index is -3.35. The number of ether oxygens (including phenoxy) is 1. The van der Waals surface area contributed by atoms with E-state index >= 15 is 0 Å². The molecule has 166 valence electrons. The number of nitrogens with one attached hydrogen (secondary N) is 2. The van der Waals surface area contributed by atoms with E-state index in [0.29, 0.717) is 17.2 Å². The maximum absolute atomic E-state index is 12.6. The van der Waals surface area contributed by atoms with Crippen LogP contribution in [0.15, 0.2) is 47.9 Å². The summed E-state index contributed by atoms with van der Waals surface area (Å²) in [6, 6.07) is 7.21. The second-order valence-corrected chi connectivity index (χ2v) is 10.4. The van der Waals surface area contributed by atoms with Crippen LogP contribution in [0.1, 0.15) is 25.5 Å². The van der Waals surface area contributed by atoms with Gasteiger partial charge >= 0.3 is 0 Å². The number of aromatic nitrogens is 5. The lowest BCUT2D eigenvalue weighted by atomic mass is 9.95. The lowest BCUT2D eigenvalue weighted by Crippen LogP contribution is -2.23. The van der Waals surface area contributed by atoms with Gasteiger partial charge in [0.1, 0.15) is 35.0 Å². The molecule has 1 atom stereocenters. The van der Waals surface area contributed by atoms with Gasteiger partial charge in [0.25, 0.3) is 0 Å². The molecule has 10 heteroatoms. The number of aromatic amines is 1. The van der Waals surface area contributed by atoms with Gasteiger partial charge in [-0.15, -0.1) is 0 Å². The normalized spacial score (nSPS) is 16.0. The third-order valence-corrected chi connectivity index (χ3v) is 7.37. The quantitative estimate of drug-likeness (QED) is 0.477. The molecule has 4 heterocycles. The molecule has 0 amide bonds. The van der Waals surface area contributed by atoms with Crippen molar-refractivity contribution in [2.75, 3.05) is 17.7 Å². The van der Waals surface area contributed by atoms with Crippen molar-refractivity contribution >= 4 is 26.7 Å². The van der Waals surface area contributed by atoms with Gasteiger partial charge in [-0.2, -0.15) is 5.10 Å². The molecule has 0 bridgehead atoms. The van der Waals surface area contributed by atoms with Crippen LogP contribution in [0.3, 0.4) is 0 Å². The molecule has 4 aromatic rings. The minimum Gasteiger partial charge on any atom is -0.491 e. The summed E-state index contributed by atoms with van der Waals surface area (Å²) in [5, 5.41) is 8.60. The van der Waals surface area contributed by atoms with Gasteiger partial charge in [0.15, 0.2) is 9.84 Å². The highest BCUT2D eigenvalue weighted by Gasteiger charge is 2.27. The van der Waals surface area contributed by atoms with Crippen LogP contribution in [-0.2, 0) is 16.9 Å². The number of hydrogen-bond donors (Lipinski definition) is 2. The topological polar surface area (TPSA) is 115 Å². The average Bonchev–Trinajstić information content (AvgIpc) is 3.38. The smallest absolute Gasteiger partial charge is 0.185 e. The number of anilines is 1. The van der Waals surface area contributed by atoms with Crippen molar-refractivity contribution < 1.29 is 13.2 Å². The number of hydrogen-bond acceptors (Lipinski definition) is 7. The number of sulfone groups is 1. The Kier molecular flexibility index (Phi) is 4.89. The zero-order chi connectivity index (χ0) is 22.5. The van der Waals surface area contributed by atoms with Crippen molar-refractivity contribution in [3.63, 3.8) is 0 Å². The van der Waals surface area contributed by atoms with Crippen LogP contribution >= 0.6 is 0 Å². The fraction of sp³-hybridized carbons (Fsp3) is 0.318. The summed E-state index contributed by atoms with van der Waals surface area (Å²) in [4.78, 5) is 12.4. The third kappa shape index (κ3) is 3.60. The van der Waals surface area contributed by atoms with Crippen molar-refractivity contribution in [1.82, 2.24) is 24.7 Å². The van der Waals surface area contributed by atoms with Crippen LogP contribution in [0.2, 0.25) is 0 Å². The van der Waals surface area contributed by atoms with Crippen molar-refractivity contribution in [3.05, 3.63) is 48.5 Å². The first-order chi connectivity index (χ1) is 15.3. The number of nitrogens with zero attached hydrogens (tertiary/aromatic N) is 4. The molecule has 0 saturated carbocycles. The summed E-state index contributed by atoms with van der Waals surface area (Å²) in [6.07, 6.45) is 5.23. The summed E-state index contributed by atoms with van der Waals surface area (Å²) in [5.41, 5.74) is 3.43. The van der Waals surface area contributed by atoms with Crippen molar-refractivity contribution in [1.29, 1.82) is 0 Å². The van der Waals surface area contributed by atoms with E-state index in [1.165, 1.54) is 6.33 Å². The van der Waals surface area contributed by atoms with Gasteiger partial charge in [-0.25, -0.2) is 18.4 Å². The number of benzene rings is 1. The van der Waals surface area contributed by atoms with Gasteiger partial charge in [-0.05, 0) is 29.7 Å². The summed E-state index contributed by atoms with van der Waals surface area (Å²) >= 11 is 0. The molecule has 0 spiro atoms. The van der Waals surface area contributed by atoms with E-state index in [4.69, 9.17) is 4.74 Å². The van der Waals surface area contributed by atoms with E-state index in [2.05, 4.69) is 39.2 Å². The molecule has 5 rings (SSSR count). The predicted octanol–water partition coefficient (Wildman–Crippen LogP) is 3.33. The molecule has 0 fully saturated rings. The van der Waals surface area contributed by atoms with E-state index in [0.717, 1.165) is 22.2 Å².